The predicted molar refractivity (Wildman–Crippen MR) is 62.0 cm³/mol. The Hall–Kier alpha value is -0.260. The maximum absolute atomic E-state index is 3.84. The Bertz CT molecular complexity index is 230. The third kappa shape index (κ3) is 1.12. The first kappa shape index (κ1) is 10.3. The van der Waals surface area contributed by atoms with Gasteiger partial charge >= 0.3 is 0 Å². The highest BCUT2D eigenvalue weighted by Crippen LogP contribution is 2.85. The van der Waals surface area contributed by atoms with Crippen LogP contribution in [0.2, 0.25) is 0 Å². The SMILES string of the molecule is C=CCC(C)C1C2C1C2(C)C(C)CC. The van der Waals surface area contributed by atoms with Gasteiger partial charge in [-0.2, -0.15) is 0 Å². The van der Waals surface area contributed by atoms with Crippen LogP contribution in [-0.2, 0) is 0 Å². The van der Waals surface area contributed by atoms with Gasteiger partial charge in [0.05, 0.1) is 0 Å². The maximum Gasteiger partial charge on any atom is -0.0232 e. The van der Waals surface area contributed by atoms with Gasteiger partial charge in [0.2, 0.25) is 0 Å². The Morgan fingerprint density at radius 3 is 2.36 bits per heavy atom. The summed E-state index contributed by atoms with van der Waals surface area (Å²) in [5.74, 6) is 5.02. The molecule has 2 aliphatic rings. The summed E-state index contributed by atoms with van der Waals surface area (Å²) in [5.41, 5.74) is 0.731. The fourth-order valence-corrected chi connectivity index (χ4v) is 3.87. The number of fused-ring (bicyclic) bond motifs is 1. The molecule has 0 bridgehead atoms. The summed E-state index contributed by atoms with van der Waals surface area (Å²) in [6, 6.07) is 0. The Balaban J connectivity index is 1.85. The van der Waals surface area contributed by atoms with E-state index < -0.39 is 0 Å². The van der Waals surface area contributed by atoms with Gasteiger partial charge < -0.3 is 0 Å². The average molecular weight is 192 g/mol. The molecule has 80 valence electrons. The molecule has 4 atom stereocenters. The van der Waals surface area contributed by atoms with E-state index in [2.05, 4.69) is 40.3 Å². The van der Waals surface area contributed by atoms with Crippen LogP contribution in [0.4, 0.5) is 0 Å². The van der Waals surface area contributed by atoms with Crippen LogP contribution >= 0.6 is 0 Å². The fourth-order valence-electron chi connectivity index (χ4n) is 3.87. The van der Waals surface area contributed by atoms with E-state index in [1.165, 1.54) is 12.8 Å². The standard InChI is InChI=1S/C14H24/c1-6-8-9(3)11-12-13(11)14(12,5)10(4)7-2/h6,9-13H,1,7-8H2,2-5H3. The highest BCUT2D eigenvalue weighted by Gasteiger charge is 2.82. The zero-order valence-electron chi connectivity index (χ0n) is 10.1. The molecule has 0 heteroatoms. The highest BCUT2D eigenvalue weighted by atomic mass is 14.9. The van der Waals surface area contributed by atoms with E-state index in [1.54, 1.807) is 0 Å². The van der Waals surface area contributed by atoms with Crippen molar-refractivity contribution in [3.8, 4) is 0 Å². The lowest BCUT2D eigenvalue weighted by Gasteiger charge is -2.30. The van der Waals surface area contributed by atoms with Gasteiger partial charge in [0.25, 0.3) is 0 Å². The molecule has 0 heterocycles. The zero-order valence-corrected chi connectivity index (χ0v) is 10.1. The smallest absolute Gasteiger partial charge is 0.0232 e. The van der Waals surface area contributed by atoms with E-state index in [1.807, 2.05) is 0 Å². The molecule has 2 fully saturated rings. The molecule has 0 amide bonds. The molecule has 2 rings (SSSR count). The summed E-state index contributed by atoms with van der Waals surface area (Å²) in [4.78, 5) is 0. The van der Waals surface area contributed by atoms with Crippen LogP contribution in [0.15, 0.2) is 12.7 Å². The second kappa shape index (κ2) is 3.12. The van der Waals surface area contributed by atoms with E-state index in [-0.39, 0.29) is 0 Å². The molecule has 0 N–H and O–H groups in total. The van der Waals surface area contributed by atoms with Crippen LogP contribution in [0.5, 0.6) is 0 Å². The molecular weight excluding hydrogens is 168 g/mol. The Morgan fingerprint density at radius 1 is 1.36 bits per heavy atom. The van der Waals surface area contributed by atoms with E-state index in [0.29, 0.717) is 0 Å². The molecular formula is C14H24. The lowest BCUT2D eigenvalue weighted by Crippen LogP contribution is -2.24. The number of rotatable bonds is 5. The normalized spacial score (nSPS) is 47.9. The van der Waals surface area contributed by atoms with E-state index in [9.17, 15) is 0 Å². The van der Waals surface area contributed by atoms with Crippen molar-refractivity contribution in [1.29, 1.82) is 0 Å². The van der Waals surface area contributed by atoms with Gasteiger partial charge in [-0.1, -0.05) is 40.2 Å². The molecule has 14 heavy (non-hydrogen) atoms. The van der Waals surface area contributed by atoms with E-state index >= 15 is 0 Å². The van der Waals surface area contributed by atoms with Crippen molar-refractivity contribution in [2.24, 2.45) is 35.0 Å². The number of hydrogen-bond acceptors (Lipinski definition) is 0. The largest absolute Gasteiger partial charge is 0.103 e. The minimum Gasteiger partial charge on any atom is -0.103 e. The van der Waals surface area contributed by atoms with Crippen LogP contribution in [-0.4, -0.2) is 0 Å². The van der Waals surface area contributed by atoms with Crippen molar-refractivity contribution < 1.29 is 0 Å². The minimum absolute atomic E-state index is 0.731. The van der Waals surface area contributed by atoms with Crippen molar-refractivity contribution in [2.45, 2.75) is 40.5 Å². The molecule has 4 unspecified atom stereocenters. The van der Waals surface area contributed by atoms with Crippen LogP contribution in [0.1, 0.15) is 40.5 Å². The number of allylic oxidation sites excluding steroid dienone is 1. The molecule has 0 aromatic rings. The molecule has 0 spiro atoms. The van der Waals surface area contributed by atoms with Crippen molar-refractivity contribution >= 4 is 0 Å². The van der Waals surface area contributed by atoms with Crippen LogP contribution in [0, 0.1) is 35.0 Å². The molecule has 0 aliphatic heterocycles. The average Bonchev–Trinajstić information content (AvgIpc) is 3.02. The third-order valence-corrected chi connectivity index (χ3v) is 5.27. The Morgan fingerprint density at radius 2 is 1.93 bits per heavy atom. The summed E-state index contributed by atoms with van der Waals surface area (Å²) in [5, 5.41) is 0. The fraction of sp³-hybridized carbons (Fsp3) is 0.857. The zero-order chi connectivity index (χ0) is 10.5. The Labute approximate surface area is 88.8 Å². The predicted octanol–water partition coefficient (Wildman–Crippen LogP) is 4.13. The number of hydrogen-bond donors (Lipinski definition) is 0. The van der Waals surface area contributed by atoms with Gasteiger partial charge in [-0.15, -0.1) is 6.58 Å². The van der Waals surface area contributed by atoms with Crippen molar-refractivity contribution in [2.75, 3.05) is 0 Å². The monoisotopic (exact) mass is 192 g/mol. The van der Waals surface area contributed by atoms with Crippen molar-refractivity contribution in [1.82, 2.24) is 0 Å². The molecule has 2 saturated carbocycles. The van der Waals surface area contributed by atoms with Gasteiger partial charge in [0.1, 0.15) is 0 Å². The first-order valence-electron chi connectivity index (χ1n) is 6.19. The summed E-state index contributed by atoms with van der Waals surface area (Å²) >= 11 is 0. The molecule has 0 nitrogen and oxygen atoms in total. The van der Waals surface area contributed by atoms with E-state index in [0.717, 1.165) is 35.0 Å². The van der Waals surface area contributed by atoms with Crippen LogP contribution < -0.4 is 0 Å². The minimum atomic E-state index is 0.731. The maximum atomic E-state index is 3.84. The molecule has 0 radical (unpaired) electrons. The molecule has 2 aliphatic carbocycles. The second-order valence-electron chi connectivity index (χ2n) is 5.81. The van der Waals surface area contributed by atoms with Gasteiger partial charge in [-0.25, -0.2) is 0 Å². The van der Waals surface area contributed by atoms with Gasteiger partial charge in [-0.05, 0) is 41.4 Å². The Kier molecular flexibility index (Phi) is 2.28. The molecule has 0 aromatic heterocycles. The summed E-state index contributed by atoms with van der Waals surface area (Å²) in [6.45, 7) is 13.5. The third-order valence-electron chi connectivity index (χ3n) is 5.27. The molecule has 0 saturated heterocycles. The lowest BCUT2D eigenvalue weighted by atomic mass is 9.74. The summed E-state index contributed by atoms with van der Waals surface area (Å²) in [7, 11) is 0. The van der Waals surface area contributed by atoms with Gasteiger partial charge in [0, 0.05) is 0 Å². The quantitative estimate of drug-likeness (QED) is 0.575. The van der Waals surface area contributed by atoms with Crippen molar-refractivity contribution in [3.05, 3.63) is 12.7 Å². The summed E-state index contributed by atoms with van der Waals surface area (Å²) in [6.07, 6.45) is 4.66. The first-order chi connectivity index (χ1) is 6.58. The molecule has 0 aromatic carbocycles. The lowest BCUT2D eigenvalue weighted by molar-refractivity contribution is 0.183. The van der Waals surface area contributed by atoms with Crippen LogP contribution in [0.25, 0.3) is 0 Å². The second-order valence-corrected chi connectivity index (χ2v) is 5.81. The summed E-state index contributed by atoms with van der Waals surface area (Å²) < 4.78 is 0. The van der Waals surface area contributed by atoms with Crippen molar-refractivity contribution in [3.63, 3.8) is 0 Å². The topological polar surface area (TPSA) is 0 Å². The van der Waals surface area contributed by atoms with Gasteiger partial charge in [-0.3, -0.25) is 0 Å². The van der Waals surface area contributed by atoms with Crippen LogP contribution in [0.3, 0.4) is 0 Å². The first-order valence-corrected chi connectivity index (χ1v) is 6.19. The van der Waals surface area contributed by atoms with Gasteiger partial charge in [0.15, 0.2) is 0 Å². The highest BCUT2D eigenvalue weighted by molar-refractivity contribution is 5.29. The van der Waals surface area contributed by atoms with E-state index in [4.69, 9.17) is 0 Å².